The minimum absolute atomic E-state index is 0.189. The summed E-state index contributed by atoms with van der Waals surface area (Å²) in [5.41, 5.74) is 4.95. The molecule has 3 aromatic rings. The number of carbonyl (C=O) groups excluding carboxylic acids is 2. The minimum Gasteiger partial charge on any atom is -0.322 e. The first-order chi connectivity index (χ1) is 12.7. The molecule has 2 amide bonds. The van der Waals surface area contributed by atoms with Crippen LogP contribution in [0.2, 0.25) is 0 Å². The highest BCUT2D eigenvalue weighted by atomic mass is 16.2. The Bertz CT molecular complexity index is 908. The lowest BCUT2D eigenvalue weighted by Gasteiger charge is -2.05. The van der Waals surface area contributed by atoms with Crippen LogP contribution in [0, 0.1) is 0 Å². The Morgan fingerprint density at radius 3 is 2.15 bits per heavy atom. The Hall–Kier alpha value is -3.80. The van der Waals surface area contributed by atoms with Crippen LogP contribution in [0.3, 0.4) is 0 Å². The molecule has 0 bridgehead atoms. The molecule has 0 aliphatic heterocycles. The number of hydrogen-bond acceptors (Lipinski definition) is 4. The zero-order chi connectivity index (χ0) is 18.2. The van der Waals surface area contributed by atoms with E-state index in [0.717, 1.165) is 11.3 Å². The quantitative estimate of drug-likeness (QED) is 0.551. The standard InChI is InChI=1S/C20H16N4O2/c25-19(23-18-4-2-1-3-5-18)16-8-6-15(7-9-16)14-22-24-20(26)17-10-12-21-13-11-17/h1-14H,(H,23,25)(H,24,26). The Morgan fingerprint density at radius 1 is 0.808 bits per heavy atom. The van der Waals surface area contributed by atoms with Gasteiger partial charge in [0.1, 0.15) is 0 Å². The lowest BCUT2D eigenvalue weighted by molar-refractivity contribution is 0.0954. The number of para-hydroxylation sites is 1. The SMILES string of the molecule is O=C(NN=Cc1ccc(C(=O)Nc2ccccc2)cc1)c1ccncc1. The highest BCUT2D eigenvalue weighted by Gasteiger charge is 2.05. The van der Waals surface area contributed by atoms with Gasteiger partial charge in [-0.3, -0.25) is 14.6 Å². The lowest BCUT2D eigenvalue weighted by Crippen LogP contribution is -2.17. The second kappa shape index (κ2) is 8.34. The first-order valence-corrected chi connectivity index (χ1v) is 7.92. The second-order valence-electron chi connectivity index (χ2n) is 5.38. The molecule has 0 fully saturated rings. The molecule has 0 saturated carbocycles. The van der Waals surface area contributed by atoms with Crippen LogP contribution in [0.1, 0.15) is 26.3 Å². The van der Waals surface area contributed by atoms with Gasteiger partial charge in [0.05, 0.1) is 6.21 Å². The van der Waals surface area contributed by atoms with Crippen molar-refractivity contribution in [3.8, 4) is 0 Å². The van der Waals surface area contributed by atoms with E-state index in [4.69, 9.17) is 0 Å². The molecule has 1 aromatic heterocycles. The molecule has 0 unspecified atom stereocenters. The highest BCUT2D eigenvalue weighted by Crippen LogP contribution is 2.09. The van der Waals surface area contributed by atoms with Crippen molar-refractivity contribution in [2.45, 2.75) is 0 Å². The zero-order valence-corrected chi connectivity index (χ0v) is 13.8. The molecule has 1 heterocycles. The van der Waals surface area contributed by atoms with Gasteiger partial charge in [0.15, 0.2) is 0 Å². The smallest absolute Gasteiger partial charge is 0.271 e. The topological polar surface area (TPSA) is 83.5 Å². The summed E-state index contributed by atoms with van der Waals surface area (Å²) in [5, 5.41) is 6.73. The molecule has 6 nitrogen and oxygen atoms in total. The van der Waals surface area contributed by atoms with E-state index in [1.54, 1.807) is 36.4 Å². The number of hydrogen-bond donors (Lipinski definition) is 2. The average molecular weight is 344 g/mol. The number of pyridine rings is 1. The van der Waals surface area contributed by atoms with Crippen LogP contribution in [0.25, 0.3) is 0 Å². The third-order valence-electron chi connectivity index (χ3n) is 3.53. The Kier molecular flexibility index (Phi) is 5.47. The maximum Gasteiger partial charge on any atom is 0.271 e. The van der Waals surface area contributed by atoms with Gasteiger partial charge < -0.3 is 5.32 Å². The zero-order valence-electron chi connectivity index (χ0n) is 13.8. The fraction of sp³-hybridized carbons (Fsp3) is 0. The number of aromatic nitrogens is 1. The van der Waals surface area contributed by atoms with Crippen molar-refractivity contribution in [2.75, 3.05) is 5.32 Å². The van der Waals surface area contributed by atoms with Crippen LogP contribution < -0.4 is 10.7 Å². The number of anilines is 1. The van der Waals surface area contributed by atoms with Crippen LogP contribution in [0.5, 0.6) is 0 Å². The average Bonchev–Trinajstić information content (AvgIpc) is 2.70. The first kappa shape index (κ1) is 17.0. The monoisotopic (exact) mass is 344 g/mol. The molecule has 26 heavy (non-hydrogen) atoms. The predicted molar refractivity (Wildman–Crippen MR) is 100 cm³/mol. The van der Waals surface area contributed by atoms with Gasteiger partial charge in [0.25, 0.3) is 11.8 Å². The molecule has 6 heteroatoms. The van der Waals surface area contributed by atoms with Crippen molar-refractivity contribution in [2.24, 2.45) is 5.10 Å². The van der Waals surface area contributed by atoms with E-state index in [9.17, 15) is 9.59 Å². The Morgan fingerprint density at radius 2 is 1.46 bits per heavy atom. The van der Waals surface area contributed by atoms with Gasteiger partial charge in [-0.1, -0.05) is 30.3 Å². The molecule has 0 aliphatic carbocycles. The maximum atomic E-state index is 12.2. The van der Waals surface area contributed by atoms with Crippen LogP contribution in [-0.2, 0) is 0 Å². The van der Waals surface area contributed by atoms with Crippen LogP contribution in [0.4, 0.5) is 5.69 Å². The molecule has 0 radical (unpaired) electrons. The van der Waals surface area contributed by atoms with E-state index in [0.29, 0.717) is 11.1 Å². The van der Waals surface area contributed by atoms with Crippen molar-refractivity contribution >= 4 is 23.7 Å². The molecule has 2 aromatic carbocycles. The van der Waals surface area contributed by atoms with Crippen molar-refractivity contribution in [3.05, 3.63) is 95.8 Å². The van der Waals surface area contributed by atoms with Crippen molar-refractivity contribution in [3.63, 3.8) is 0 Å². The molecular weight excluding hydrogens is 328 g/mol. The lowest BCUT2D eigenvalue weighted by atomic mass is 10.1. The van der Waals surface area contributed by atoms with E-state index < -0.39 is 0 Å². The third kappa shape index (κ3) is 4.61. The predicted octanol–water partition coefficient (Wildman–Crippen LogP) is 3.10. The molecule has 2 N–H and O–H groups in total. The summed E-state index contributed by atoms with van der Waals surface area (Å²) in [5.74, 6) is -0.506. The summed E-state index contributed by atoms with van der Waals surface area (Å²) < 4.78 is 0. The van der Waals surface area contributed by atoms with Gasteiger partial charge in [-0.2, -0.15) is 5.10 Å². The number of carbonyl (C=O) groups is 2. The maximum absolute atomic E-state index is 12.2. The van der Waals surface area contributed by atoms with E-state index in [-0.39, 0.29) is 11.8 Å². The summed E-state index contributed by atoms with van der Waals surface area (Å²) in [6, 6.07) is 19.4. The van der Waals surface area contributed by atoms with Crippen LogP contribution in [0.15, 0.2) is 84.2 Å². The molecule has 0 saturated heterocycles. The number of nitrogens with one attached hydrogen (secondary N) is 2. The van der Waals surface area contributed by atoms with Gasteiger partial charge in [-0.15, -0.1) is 0 Å². The largest absolute Gasteiger partial charge is 0.322 e. The summed E-state index contributed by atoms with van der Waals surface area (Å²) in [6.45, 7) is 0. The van der Waals surface area contributed by atoms with Crippen LogP contribution >= 0.6 is 0 Å². The molecular formula is C20H16N4O2. The van der Waals surface area contributed by atoms with E-state index >= 15 is 0 Å². The van der Waals surface area contributed by atoms with Gasteiger partial charge in [0.2, 0.25) is 0 Å². The third-order valence-corrected chi connectivity index (χ3v) is 3.53. The van der Waals surface area contributed by atoms with Gasteiger partial charge in [0, 0.05) is 29.2 Å². The van der Waals surface area contributed by atoms with E-state index in [1.165, 1.54) is 18.6 Å². The van der Waals surface area contributed by atoms with Gasteiger partial charge >= 0.3 is 0 Å². The van der Waals surface area contributed by atoms with Gasteiger partial charge in [-0.05, 0) is 42.0 Å². The highest BCUT2D eigenvalue weighted by molar-refractivity contribution is 6.04. The number of nitrogens with zero attached hydrogens (tertiary/aromatic N) is 2. The number of amides is 2. The number of benzene rings is 2. The van der Waals surface area contributed by atoms with Gasteiger partial charge in [-0.25, -0.2) is 5.43 Å². The fourth-order valence-electron chi connectivity index (χ4n) is 2.18. The van der Waals surface area contributed by atoms with Crippen molar-refractivity contribution < 1.29 is 9.59 Å². The molecule has 0 spiro atoms. The first-order valence-electron chi connectivity index (χ1n) is 7.92. The Balaban J connectivity index is 1.57. The van der Waals surface area contributed by atoms with E-state index in [1.807, 2.05) is 30.3 Å². The fourth-order valence-corrected chi connectivity index (χ4v) is 2.18. The molecule has 3 rings (SSSR count). The van der Waals surface area contributed by atoms with Crippen molar-refractivity contribution in [1.82, 2.24) is 10.4 Å². The Labute approximate surface area is 150 Å². The molecule has 0 aliphatic rings. The number of rotatable bonds is 5. The summed E-state index contributed by atoms with van der Waals surface area (Å²) in [4.78, 5) is 27.9. The second-order valence-corrected chi connectivity index (χ2v) is 5.38. The number of hydrazone groups is 1. The summed E-state index contributed by atoms with van der Waals surface area (Å²) in [7, 11) is 0. The summed E-state index contributed by atoms with van der Waals surface area (Å²) >= 11 is 0. The van der Waals surface area contributed by atoms with E-state index in [2.05, 4.69) is 20.8 Å². The van der Waals surface area contributed by atoms with Crippen LogP contribution in [-0.4, -0.2) is 23.0 Å². The van der Waals surface area contributed by atoms with Crippen molar-refractivity contribution in [1.29, 1.82) is 0 Å². The molecule has 128 valence electrons. The molecule has 0 atom stereocenters. The normalized spacial score (nSPS) is 10.5. The minimum atomic E-state index is -0.317. The summed E-state index contributed by atoms with van der Waals surface area (Å²) in [6.07, 6.45) is 4.59.